The third kappa shape index (κ3) is 1.54. The summed E-state index contributed by atoms with van der Waals surface area (Å²) in [5.74, 6) is -1.08. The van der Waals surface area contributed by atoms with Gasteiger partial charge in [0.15, 0.2) is 0 Å². The molecule has 17 heavy (non-hydrogen) atoms. The lowest BCUT2D eigenvalue weighted by Gasteiger charge is -2.08. The molecule has 0 aliphatic carbocycles. The van der Waals surface area contributed by atoms with E-state index in [1.807, 2.05) is 0 Å². The maximum absolute atomic E-state index is 11.6. The van der Waals surface area contributed by atoms with E-state index in [4.69, 9.17) is 5.11 Å². The normalized spacial score (nSPS) is 10.7. The quantitative estimate of drug-likeness (QED) is 0.700. The molecule has 0 bridgehead atoms. The molecule has 1 N–H and O–H groups in total. The molecule has 0 aliphatic heterocycles. The van der Waals surface area contributed by atoms with E-state index in [-0.39, 0.29) is 5.56 Å². The largest absolute Gasteiger partial charge is 0.478 e. The van der Waals surface area contributed by atoms with Crippen LogP contribution in [0.3, 0.4) is 0 Å². The number of aromatic nitrogens is 2. The molecule has 6 nitrogen and oxygen atoms in total. The van der Waals surface area contributed by atoms with Gasteiger partial charge in [-0.3, -0.25) is 9.59 Å². The number of rotatable bonds is 1. The van der Waals surface area contributed by atoms with Crippen LogP contribution in [-0.2, 0) is 14.1 Å². The van der Waals surface area contributed by atoms with Crippen molar-refractivity contribution in [3.63, 3.8) is 0 Å². The van der Waals surface area contributed by atoms with Crippen LogP contribution < -0.4 is 11.1 Å². The zero-order chi connectivity index (χ0) is 12.7. The zero-order valence-electron chi connectivity index (χ0n) is 9.30. The monoisotopic (exact) mass is 234 g/mol. The van der Waals surface area contributed by atoms with Gasteiger partial charge >= 0.3 is 17.1 Å². The summed E-state index contributed by atoms with van der Waals surface area (Å²) in [4.78, 5) is 33.9. The molecular formula is C11H10N2O4. The standard InChI is InChI=1S/C11H10N2O4/c1-12-7-4-3-6(11(16)17)5-8(7)13(2)10(15)9(12)14/h3-5H,1-2H3,(H,16,17). The highest BCUT2D eigenvalue weighted by Gasteiger charge is 2.10. The average Bonchev–Trinajstić information content (AvgIpc) is 2.32. The van der Waals surface area contributed by atoms with Crippen LogP contribution >= 0.6 is 0 Å². The van der Waals surface area contributed by atoms with Crippen molar-refractivity contribution < 1.29 is 9.90 Å². The summed E-state index contributed by atoms with van der Waals surface area (Å²) >= 11 is 0. The predicted octanol–water partition coefficient (Wildman–Crippen LogP) is -0.0646. The number of aromatic carboxylic acids is 1. The van der Waals surface area contributed by atoms with E-state index < -0.39 is 17.1 Å². The number of benzene rings is 1. The minimum absolute atomic E-state index is 0.0751. The van der Waals surface area contributed by atoms with Crippen molar-refractivity contribution in [2.45, 2.75) is 0 Å². The Morgan fingerprint density at radius 2 is 1.59 bits per heavy atom. The Hall–Kier alpha value is -2.37. The summed E-state index contributed by atoms with van der Waals surface area (Å²) in [6.45, 7) is 0. The van der Waals surface area contributed by atoms with Gasteiger partial charge in [0.05, 0.1) is 16.6 Å². The highest BCUT2D eigenvalue weighted by molar-refractivity contribution is 5.92. The summed E-state index contributed by atoms with van der Waals surface area (Å²) in [5, 5.41) is 8.87. The van der Waals surface area contributed by atoms with Crippen molar-refractivity contribution in [2.24, 2.45) is 14.1 Å². The van der Waals surface area contributed by atoms with E-state index in [9.17, 15) is 14.4 Å². The smallest absolute Gasteiger partial charge is 0.335 e. The van der Waals surface area contributed by atoms with Gasteiger partial charge in [-0.05, 0) is 18.2 Å². The molecule has 0 spiro atoms. The van der Waals surface area contributed by atoms with E-state index in [1.165, 1.54) is 36.9 Å². The molecule has 6 heteroatoms. The lowest BCUT2D eigenvalue weighted by atomic mass is 10.2. The number of carboxylic acid groups (broad SMARTS) is 1. The summed E-state index contributed by atoms with van der Waals surface area (Å²) in [5.41, 5.74) is -0.309. The third-order valence-electron chi connectivity index (χ3n) is 2.74. The molecule has 0 atom stereocenters. The van der Waals surface area contributed by atoms with Gasteiger partial charge in [-0.15, -0.1) is 0 Å². The van der Waals surface area contributed by atoms with Crippen LogP contribution in [0.2, 0.25) is 0 Å². The van der Waals surface area contributed by atoms with Crippen LogP contribution in [0.5, 0.6) is 0 Å². The molecule has 88 valence electrons. The van der Waals surface area contributed by atoms with Crippen molar-refractivity contribution >= 4 is 17.0 Å². The lowest BCUT2D eigenvalue weighted by Crippen LogP contribution is -2.39. The number of carboxylic acids is 1. The summed E-state index contributed by atoms with van der Waals surface area (Å²) in [6.07, 6.45) is 0. The van der Waals surface area contributed by atoms with Crippen molar-refractivity contribution in [1.82, 2.24) is 9.13 Å². The second-order valence-electron chi connectivity index (χ2n) is 3.74. The number of hydrogen-bond acceptors (Lipinski definition) is 3. The Balaban J connectivity index is 3.02. The van der Waals surface area contributed by atoms with Crippen LogP contribution in [0.15, 0.2) is 27.8 Å². The zero-order valence-corrected chi connectivity index (χ0v) is 9.30. The number of nitrogens with zero attached hydrogens (tertiary/aromatic N) is 2. The van der Waals surface area contributed by atoms with Gasteiger partial charge in [-0.1, -0.05) is 0 Å². The summed E-state index contributed by atoms with van der Waals surface area (Å²) in [6, 6.07) is 4.28. The first-order chi connectivity index (χ1) is 7.93. The molecule has 0 fully saturated rings. The molecule has 0 aliphatic rings. The van der Waals surface area contributed by atoms with Crippen LogP contribution in [-0.4, -0.2) is 20.2 Å². The van der Waals surface area contributed by atoms with Crippen LogP contribution in [0, 0.1) is 0 Å². The fourth-order valence-corrected chi connectivity index (χ4v) is 1.71. The molecule has 0 amide bonds. The molecule has 1 heterocycles. The third-order valence-corrected chi connectivity index (χ3v) is 2.74. The van der Waals surface area contributed by atoms with E-state index in [2.05, 4.69) is 0 Å². The Morgan fingerprint density at radius 1 is 1.06 bits per heavy atom. The van der Waals surface area contributed by atoms with Gasteiger partial charge in [0.2, 0.25) is 0 Å². The SMILES string of the molecule is Cn1c(=O)c(=O)n(C)c2cc(C(=O)O)ccc21. The summed E-state index contributed by atoms with van der Waals surface area (Å²) in [7, 11) is 2.92. The molecule has 0 saturated carbocycles. The van der Waals surface area contributed by atoms with Crippen LogP contribution in [0.25, 0.3) is 11.0 Å². The van der Waals surface area contributed by atoms with E-state index >= 15 is 0 Å². The number of aryl methyl sites for hydroxylation is 2. The highest BCUT2D eigenvalue weighted by atomic mass is 16.4. The first-order valence-electron chi connectivity index (χ1n) is 4.86. The summed E-state index contributed by atoms with van der Waals surface area (Å²) < 4.78 is 2.37. The fraction of sp³-hybridized carbons (Fsp3) is 0.182. The minimum atomic E-state index is -1.08. The van der Waals surface area contributed by atoms with Crippen molar-refractivity contribution in [1.29, 1.82) is 0 Å². The predicted molar refractivity (Wildman–Crippen MR) is 61.4 cm³/mol. The molecule has 1 aromatic carbocycles. The Labute approximate surface area is 95.3 Å². The topological polar surface area (TPSA) is 81.3 Å². The highest BCUT2D eigenvalue weighted by Crippen LogP contribution is 2.12. The Kier molecular flexibility index (Phi) is 2.35. The molecule has 0 unspecified atom stereocenters. The fourth-order valence-electron chi connectivity index (χ4n) is 1.71. The van der Waals surface area contributed by atoms with Gasteiger partial charge in [-0.2, -0.15) is 0 Å². The second kappa shape index (κ2) is 3.58. The van der Waals surface area contributed by atoms with Crippen molar-refractivity contribution in [3.8, 4) is 0 Å². The molecule has 1 aromatic heterocycles. The van der Waals surface area contributed by atoms with Gasteiger partial charge in [-0.25, -0.2) is 4.79 Å². The van der Waals surface area contributed by atoms with E-state index in [1.54, 1.807) is 0 Å². The molecule has 0 radical (unpaired) electrons. The molecule has 2 rings (SSSR count). The van der Waals surface area contributed by atoms with E-state index in [0.717, 1.165) is 4.57 Å². The Bertz CT molecular complexity index is 739. The maximum Gasteiger partial charge on any atom is 0.335 e. The van der Waals surface area contributed by atoms with Gasteiger partial charge in [0.25, 0.3) is 0 Å². The first-order valence-corrected chi connectivity index (χ1v) is 4.86. The number of fused-ring (bicyclic) bond motifs is 1. The lowest BCUT2D eigenvalue weighted by molar-refractivity contribution is 0.0697. The Morgan fingerprint density at radius 3 is 2.12 bits per heavy atom. The molecule has 2 aromatic rings. The van der Waals surface area contributed by atoms with Gasteiger partial charge in [0.1, 0.15) is 0 Å². The maximum atomic E-state index is 11.6. The van der Waals surface area contributed by atoms with Gasteiger partial charge < -0.3 is 14.2 Å². The molecule has 0 saturated heterocycles. The minimum Gasteiger partial charge on any atom is -0.478 e. The first kappa shape index (κ1) is 11.1. The van der Waals surface area contributed by atoms with E-state index in [0.29, 0.717) is 11.0 Å². The van der Waals surface area contributed by atoms with Crippen LogP contribution in [0.4, 0.5) is 0 Å². The average molecular weight is 234 g/mol. The number of hydrogen-bond donors (Lipinski definition) is 1. The van der Waals surface area contributed by atoms with Crippen LogP contribution in [0.1, 0.15) is 10.4 Å². The number of carbonyl (C=O) groups is 1. The van der Waals surface area contributed by atoms with Crippen molar-refractivity contribution in [3.05, 3.63) is 44.5 Å². The molecular weight excluding hydrogens is 224 g/mol. The van der Waals surface area contributed by atoms with Crippen molar-refractivity contribution in [2.75, 3.05) is 0 Å². The second-order valence-corrected chi connectivity index (χ2v) is 3.74. The van der Waals surface area contributed by atoms with Gasteiger partial charge in [0, 0.05) is 14.1 Å².